The van der Waals surface area contributed by atoms with E-state index in [1.807, 2.05) is 0 Å². The van der Waals surface area contributed by atoms with Crippen LogP contribution in [0.3, 0.4) is 0 Å². The topological polar surface area (TPSA) is 0 Å². The van der Waals surface area contributed by atoms with E-state index in [1.165, 1.54) is 24.3 Å². The summed E-state index contributed by atoms with van der Waals surface area (Å²) in [5, 5.41) is -12.5. The van der Waals surface area contributed by atoms with E-state index >= 15 is 70.2 Å². The lowest BCUT2D eigenvalue weighted by atomic mass is 9.91. The van der Waals surface area contributed by atoms with Crippen LogP contribution in [0.15, 0.2) is 60.7 Å². The summed E-state index contributed by atoms with van der Waals surface area (Å²) in [5.74, 6) is -57.4. The number of hydrogen-bond acceptors (Lipinski definition) is 0. The first-order valence-corrected chi connectivity index (χ1v) is 21.4. The zero-order valence-corrected chi connectivity index (χ0v) is 35.0. The van der Waals surface area contributed by atoms with Gasteiger partial charge in [0.05, 0.1) is 21.2 Å². The minimum Gasteiger partial charge on any atom is -0.203 e. The van der Waals surface area contributed by atoms with Crippen molar-refractivity contribution in [3.63, 3.8) is 0 Å². The zero-order chi connectivity index (χ0) is 49.9. The maximum absolute atomic E-state index is 16.3. The summed E-state index contributed by atoms with van der Waals surface area (Å²) >= 11 is 0. The third-order valence-electron chi connectivity index (χ3n) is 10.8. The molecule has 0 aliphatic rings. The van der Waals surface area contributed by atoms with Gasteiger partial charge in [0.1, 0.15) is 0 Å². The van der Waals surface area contributed by atoms with Gasteiger partial charge in [-0.05, 0) is 68.3 Å². The second-order valence-corrected chi connectivity index (χ2v) is 18.6. The normalized spacial score (nSPS) is 11.9. The molecule has 0 radical (unpaired) electrons. The number of halogens is 20. The van der Waals surface area contributed by atoms with E-state index in [-0.39, 0.29) is 10.8 Å². The van der Waals surface area contributed by atoms with Gasteiger partial charge in [-0.2, -0.15) is 0 Å². The van der Waals surface area contributed by atoms with Crippen LogP contribution in [-0.4, -0.2) is 0 Å². The largest absolute Gasteiger partial charge is 0.203 e. The van der Waals surface area contributed by atoms with Crippen molar-refractivity contribution < 1.29 is 87.8 Å². The lowest BCUT2D eigenvalue weighted by Crippen LogP contribution is -2.36. The minimum absolute atomic E-state index is 0.123. The molecule has 0 aliphatic carbocycles. The molecule has 0 unspecified atom stereocenters. The second-order valence-electron chi connectivity index (χ2n) is 14.6. The Morgan fingerprint density at radius 3 is 0.662 bits per heavy atom. The fourth-order valence-electron chi connectivity index (χ4n) is 7.87. The molecule has 0 bridgehead atoms. The quantitative estimate of drug-likeness (QED) is 0.0646. The highest BCUT2D eigenvalue weighted by Gasteiger charge is 2.44. The van der Waals surface area contributed by atoms with Crippen LogP contribution in [0.4, 0.5) is 87.8 Å². The summed E-state index contributed by atoms with van der Waals surface area (Å²) in [5.41, 5.74) is -3.08. The van der Waals surface area contributed by atoms with Crippen molar-refractivity contribution >= 4 is 69.2 Å². The number of rotatable bonds is 7. The monoisotopic (exact) mass is 1010 g/mol. The van der Waals surface area contributed by atoms with Gasteiger partial charge in [0, 0.05) is 15.8 Å². The minimum atomic E-state index is -4.54. The Bertz CT molecular complexity index is 3030. The molecule has 0 nitrogen and oxygen atoms in total. The summed E-state index contributed by atoms with van der Waals surface area (Å²) in [4.78, 5) is 0. The highest BCUT2D eigenvalue weighted by Crippen LogP contribution is 2.51. The first-order chi connectivity index (χ1) is 32.0. The summed E-state index contributed by atoms with van der Waals surface area (Å²) in [6.45, 7) is 1.82. The molecule has 0 heterocycles. The SMILES string of the molecule is Cc1cc2ccccc2c(-c2c(P(c3c(F)c(F)c(F)c(F)c3F)c3c(F)c(F)c(F)c(F)c3F)c(C)cc3ccccc23)c1P(c1c(F)c(F)c(F)c(F)c1F)c1c(F)c(F)c(F)c(F)c1F. The second kappa shape index (κ2) is 17.4. The predicted molar refractivity (Wildman–Crippen MR) is 213 cm³/mol. The van der Waals surface area contributed by atoms with Crippen molar-refractivity contribution in [3.8, 4) is 11.1 Å². The van der Waals surface area contributed by atoms with Crippen molar-refractivity contribution in [1.82, 2.24) is 0 Å². The highest BCUT2D eigenvalue weighted by atomic mass is 31.1. The Hall–Kier alpha value is -6.26. The highest BCUT2D eigenvalue weighted by molar-refractivity contribution is 7.81. The third kappa shape index (κ3) is 6.99. The van der Waals surface area contributed by atoms with Gasteiger partial charge in [-0.1, -0.05) is 60.7 Å². The van der Waals surface area contributed by atoms with E-state index in [4.69, 9.17) is 0 Å². The fraction of sp³-hybridized carbons (Fsp3) is 0.0435. The van der Waals surface area contributed by atoms with Crippen molar-refractivity contribution in [2.45, 2.75) is 13.8 Å². The predicted octanol–water partition coefficient (Wildman–Crippen LogP) is 12.6. The smallest absolute Gasteiger partial charge is 0.200 e. The van der Waals surface area contributed by atoms with Gasteiger partial charge in [0.25, 0.3) is 0 Å². The van der Waals surface area contributed by atoms with Crippen LogP contribution in [0.1, 0.15) is 11.1 Å². The molecule has 0 atom stereocenters. The van der Waals surface area contributed by atoms with Crippen LogP contribution in [0.2, 0.25) is 0 Å². The molecule has 8 aromatic rings. The molecule has 0 spiro atoms. The van der Waals surface area contributed by atoms with Gasteiger partial charge in [0.15, 0.2) is 93.1 Å². The summed E-state index contributed by atoms with van der Waals surface area (Å²) < 4.78 is 312. The van der Waals surface area contributed by atoms with Crippen LogP contribution < -0.4 is 31.8 Å². The van der Waals surface area contributed by atoms with E-state index in [2.05, 4.69) is 0 Å². The molecule has 350 valence electrons. The average Bonchev–Trinajstić information content (AvgIpc) is 3.32. The van der Waals surface area contributed by atoms with E-state index in [1.54, 1.807) is 0 Å². The van der Waals surface area contributed by atoms with Gasteiger partial charge in [-0.3, -0.25) is 0 Å². The Balaban J connectivity index is 1.73. The van der Waals surface area contributed by atoms with Crippen molar-refractivity contribution in [3.05, 3.63) is 188 Å². The molecule has 0 N–H and O–H groups in total. The van der Waals surface area contributed by atoms with Crippen LogP contribution in [0, 0.1) is 130 Å². The van der Waals surface area contributed by atoms with Gasteiger partial charge in [-0.15, -0.1) is 0 Å². The fourth-order valence-corrected chi connectivity index (χ4v) is 13.3. The Kier molecular flexibility index (Phi) is 12.3. The Labute approximate surface area is 369 Å². The van der Waals surface area contributed by atoms with E-state index in [9.17, 15) is 17.6 Å². The summed E-state index contributed by atoms with van der Waals surface area (Å²) in [7, 11) is -9.08. The first kappa shape index (κ1) is 48.2. The molecular formula is C46H16F20P2. The van der Waals surface area contributed by atoms with Gasteiger partial charge < -0.3 is 0 Å². The molecule has 0 aliphatic heterocycles. The van der Waals surface area contributed by atoms with Crippen LogP contribution in [0.25, 0.3) is 32.7 Å². The van der Waals surface area contributed by atoms with E-state index in [0.29, 0.717) is 0 Å². The first-order valence-electron chi connectivity index (χ1n) is 18.7. The van der Waals surface area contributed by atoms with Gasteiger partial charge in [-0.25, -0.2) is 87.8 Å². The standard InChI is InChI=1S/C46H16F20P2/c1-13-11-15-7-3-5-9-17(15)19(41(13)67(43-33(59)25(51)21(47)26(52)34(43)60)44-35(61)27(53)22(48)28(54)36(44)62)20-18-10-6-4-8-16(18)12-14(2)42(20)68(45-37(63)29(55)23(49)30(56)38(45)64)46-39(65)31(57)24(50)32(58)40(46)66/h3-12H,1-2H3. The van der Waals surface area contributed by atoms with E-state index in [0.717, 1.165) is 50.2 Å². The molecule has 8 aromatic carbocycles. The summed E-state index contributed by atoms with van der Waals surface area (Å²) in [6.07, 6.45) is 0. The average molecular weight is 1010 g/mol. The maximum atomic E-state index is 16.3. The number of benzene rings is 8. The van der Waals surface area contributed by atoms with Crippen LogP contribution in [0.5, 0.6) is 0 Å². The lowest BCUT2D eigenvalue weighted by Gasteiger charge is -2.31. The van der Waals surface area contributed by atoms with Crippen LogP contribution in [-0.2, 0) is 0 Å². The molecule has 68 heavy (non-hydrogen) atoms. The number of fused-ring (bicyclic) bond motifs is 2. The van der Waals surface area contributed by atoms with Crippen molar-refractivity contribution in [2.24, 2.45) is 0 Å². The maximum Gasteiger partial charge on any atom is 0.200 e. The number of hydrogen-bond donors (Lipinski definition) is 0. The Morgan fingerprint density at radius 2 is 0.441 bits per heavy atom. The third-order valence-corrected chi connectivity index (χ3v) is 16.2. The van der Waals surface area contributed by atoms with Crippen molar-refractivity contribution in [2.75, 3.05) is 0 Å². The molecule has 0 aromatic heterocycles. The molecule has 0 amide bonds. The lowest BCUT2D eigenvalue weighted by molar-refractivity contribution is 0.383. The molecule has 8 rings (SSSR count). The van der Waals surface area contributed by atoms with Gasteiger partial charge >= 0.3 is 0 Å². The molecule has 0 saturated heterocycles. The van der Waals surface area contributed by atoms with E-state index < -0.39 is 197 Å². The molecule has 0 fully saturated rings. The van der Waals surface area contributed by atoms with Gasteiger partial charge in [0.2, 0.25) is 23.3 Å². The summed E-state index contributed by atoms with van der Waals surface area (Å²) in [6, 6.07) is 11.3. The molecular weight excluding hydrogens is 994 g/mol. The zero-order valence-electron chi connectivity index (χ0n) is 33.2. The Morgan fingerprint density at radius 1 is 0.250 bits per heavy atom. The molecule has 22 heteroatoms. The number of aryl methyl sites for hydroxylation is 2. The van der Waals surface area contributed by atoms with Crippen LogP contribution >= 0.6 is 15.8 Å². The van der Waals surface area contributed by atoms with Crippen molar-refractivity contribution in [1.29, 1.82) is 0 Å². The molecule has 0 saturated carbocycles.